The third kappa shape index (κ3) is 5.01. The molecule has 36 heavy (non-hydrogen) atoms. The van der Waals surface area contributed by atoms with Crippen LogP contribution in [0.2, 0.25) is 0 Å². The van der Waals surface area contributed by atoms with Gasteiger partial charge in [-0.15, -0.1) is 11.6 Å². The number of fused-ring (bicyclic) bond motifs is 1. The number of piperidine rings is 1. The van der Waals surface area contributed by atoms with Crippen molar-refractivity contribution < 1.29 is 13.6 Å². The average molecular weight is 513 g/mol. The van der Waals surface area contributed by atoms with Crippen LogP contribution in [0.3, 0.4) is 0 Å². The molecule has 1 aliphatic rings. The largest absolute Gasteiger partial charge is 0.382 e. The van der Waals surface area contributed by atoms with Gasteiger partial charge in [0.15, 0.2) is 17.0 Å². The molecule has 1 aliphatic heterocycles. The van der Waals surface area contributed by atoms with Crippen LogP contribution >= 0.6 is 11.6 Å². The second-order valence-corrected chi connectivity index (χ2v) is 8.73. The molecule has 186 valence electrons. The predicted molar refractivity (Wildman–Crippen MR) is 137 cm³/mol. The second-order valence-electron chi connectivity index (χ2n) is 8.47. The van der Waals surface area contributed by atoms with Crippen LogP contribution in [0.5, 0.6) is 0 Å². The van der Waals surface area contributed by atoms with E-state index >= 15 is 0 Å². The Bertz CT molecular complexity index is 1400. The number of nitrogens with one attached hydrogen (secondary N) is 2. The van der Waals surface area contributed by atoms with E-state index in [-0.39, 0.29) is 36.4 Å². The number of aromatic nitrogens is 4. The van der Waals surface area contributed by atoms with Crippen molar-refractivity contribution in [3.63, 3.8) is 0 Å². The van der Waals surface area contributed by atoms with E-state index < -0.39 is 5.92 Å². The zero-order valence-electron chi connectivity index (χ0n) is 19.1. The minimum atomic E-state index is -2.58. The fourth-order valence-corrected chi connectivity index (χ4v) is 4.14. The number of rotatable bonds is 6. The van der Waals surface area contributed by atoms with Crippen molar-refractivity contribution in [1.29, 1.82) is 0 Å². The quantitative estimate of drug-likeness (QED) is 0.325. The molecule has 9 nitrogen and oxygen atoms in total. The van der Waals surface area contributed by atoms with Gasteiger partial charge in [-0.2, -0.15) is 9.97 Å². The first-order valence-electron chi connectivity index (χ1n) is 11.3. The molecule has 0 radical (unpaired) electrons. The third-order valence-electron chi connectivity index (χ3n) is 5.94. The lowest BCUT2D eigenvalue weighted by Gasteiger charge is -2.33. The summed E-state index contributed by atoms with van der Waals surface area (Å²) < 4.78 is 28.6. The molecule has 0 saturated carbocycles. The number of nitrogens with zero attached hydrogens (tertiary/aromatic N) is 5. The van der Waals surface area contributed by atoms with Gasteiger partial charge >= 0.3 is 0 Å². The van der Waals surface area contributed by atoms with E-state index in [1.165, 1.54) is 0 Å². The van der Waals surface area contributed by atoms with Gasteiger partial charge < -0.3 is 21.3 Å². The number of hydrogen-bond donors (Lipinski definition) is 3. The molecule has 2 aromatic heterocycles. The molecule has 3 heterocycles. The van der Waals surface area contributed by atoms with Crippen LogP contribution in [0.15, 0.2) is 54.9 Å². The van der Waals surface area contributed by atoms with Gasteiger partial charge in [0.05, 0.1) is 5.69 Å². The Morgan fingerprint density at radius 1 is 1.06 bits per heavy atom. The fourth-order valence-electron chi connectivity index (χ4n) is 4.07. The number of carbonyl (C=O) groups is 1. The van der Waals surface area contributed by atoms with E-state index in [9.17, 15) is 13.6 Å². The average Bonchev–Trinajstić information content (AvgIpc) is 3.29. The van der Waals surface area contributed by atoms with Crippen molar-refractivity contribution in [3.05, 3.63) is 54.9 Å². The highest BCUT2D eigenvalue weighted by molar-refractivity contribution is 6.29. The Labute approximate surface area is 210 Å². The highest BCUT2D eigenvalue weighted by Crippen LogP contribution is 2.31. The van der Waals surface area contributed by atoms with Gasteiger partial charge in [0.25, 0.3) is 5.92 Å². The Morgan fingerprint density at radius 3 is 2.53 bits per heavy atom. The van der Waals surface area contributed by atoms with Gasteiger partial charge in [0.2, 0.25) is 11.9 Å². The van der Waals surface area contributed by atoms with E-state index in [1.54, 1.807) is 29.1 Å². The summed E-state index contributed by atoms with van der Waals surface area (Å²) in [5.74, 6) is -2.56. The molecule has 0 aliphatic carbocycles. The van der Waals surface area contributed by atoms with E-state index in [4.69, 9.17) is 17.3 Å². The smallest absolute Gasteiger partial charge is 0.251 e. The lowest BCUT2D eigenvalue weighted by Crippen LogP contribution is -2.39. The maximum Gasteiger partial charge on any atom is 0.251 e. The molecule has 4 N–H and O–H groups in total. The number of halogens is 3. The highest BCUT2D eigenvalue weighted by atomic mass is 35.5. The third-order valence-corrected chi connectivity index (χ3v) is 6.18. The molecular weight excluding hydrogens is 490 g/mol. The summed E-state index contributed by atoms with van der Waals surface area (Å²) in [7, 11) is 0. The number of imidazole rings is 1. The Morgan fingerprint density at radius 2 is 1.81 bits per heavy atom. The number of anilines is 5. The van der Waals surface area contributed by atoms with Crippen LogP contribution in [-0.4, -0.2) is 50.3 Å². The summed E-state index contributed by atoms with van der Waals surface area (Å²) in [5, 5.41) is 5.85. The predicted octanol–water partition coefficient (Wildman–Crippen LogP) is 4.55. The van der Waals surface area contributed by atoms with Crippen molar-refractivity contribution in [2.45, 2.75) is 18.8 Å². The fraction of sp³-hybridized carbons (Fsp3) is 0.250. The maximum atomic E-state index is 13.5. The molecule has 5 rings (SSSR count). The van der Waals surface area contributed by atoms with E-state index in [2.05, 4.69) is 25.6 Å². The van der Waals surface area contributed by atoms with Crippen molar-refractivity contribution in [2.75, 3.05) is 40.2 Å². The van der Waals surface area contributed by atoms with Gasteiger partial charge in [-0.25, -0.2) is 13.8 Å². The summed E-state index contributed by atoms with van der Waals surface area (Å²) in [6.07, 6.45) is 1.30. The minimum absolute atomic E-state index is 0.143. The lowest BCUT2D eigenvalue weighted by molar-refractivity contribution is -0.113. The van der Waals surface area contributed by atoms with Gasteiger partial charge in [0, 0.05) is 43.0 Å². The van der Waals surface area contributed by atoms with Gasteiger partial charge in [0.1, 0.15) is 12.2 Å². The molecule has 0 unspecified atom stereocenters. The molecular formula is C24H23ClF2N8O. The Balaban J connectivity index is 1.38. The van der Waals surface area contributed by atoms with Crippen molar-refractivity contribution in [3.8, 4) is 5.69 Å². The number of alkyl halides is 3. The van der Waals surface area contributed by atoms with E-state index in [1.807, 2.05) is 35.2 Å². The molecule has 1 fully saturated rings. The van der Waals surface area contributed by atoms with Crippen LogP contribution in [-0.2, 0) is 4.79 Å². The molecule has 12 heteroatoms. The van der Waals surface area contributed by atoms with Crippen LogP contribution < -0.4 is 21.3 Å². The molecule has 0 spiro atoms. The Kier molecular flexibility index (Phi) is 6.31. The highest BCUT2D eigenvalue weighted by Gasteiger charge is 2.34. The first-order valence-corrected chi connectivity index (χ1v) is 11.8. The summed E-state index contributed by atoms with van der Waals surface area (Å²) in [6.45, 7) is 0.633. The number of nitrogen functional groups attached to an aromatic ring is 1. The number of hydrogen-bond acceptors (Lipinski definition) is 7. The zero-order valence-corrected chi connectivity index (χ0v) is 19.8. The summed E-state index contributed by atoms with van der Waals surface area (Å²) in [6, 6.07) is 14.6. The number of nitrogens with two attached hydrogens (primary N) is 1. The minimum Gasteiger partial charge on any atom is -0.382 e. The molecule has 2 aromatic carbocycles. The van der Waals surface area contributed by atoms with Crippen LogP contribution in [0.1, 0.15) is 12.8 Å². The number of carbonyl (C=O) groups excluding carboxylic acids is 1. The first kappa shape index (κ1) is 23.7. The molecule has 4 aromatic rings. The van der Waals surface area contributed by atoms with Gasteiger partial charge in [-0.05, 0) is 42.5 Å². The maximum absolute atomic E-state index is 13.5. The summed E-state index contributed by atoms with van der Waals surface area (Å²) in [5.41, 5.74) is 9.97. The SMILES string of the molecule is Nc1nc(Nc2ccc(N3CCC(F)(F)CC3)cc2)nc2c1ncn2-c1cccc(NC(=O)CCl)c1. The zero-order chi connectivity index (χ0) is 25.3. The van der Waals surface area contributed by atoms with Crippen LogP contribution in [0.4, 0.5) is 37.6 Å². The molecule has 1 saturated heterocycles. The van der Waals surface area contributed by atoms with Crippen molar-refractivity contribution >= 4 is 57.5 Å². The molecule has 0 bridgehead atoms. The normalized spacial score (nSPS) is 15.1. The summed E-state index contributed by atoms with van der Waals surface area (Å²) in [4.78, 5) is 26.9. The topological polar surface area (TPSA) is 114 Å². The first-order chi connectivity index (χ1) is 17.3. The van der Waals surface area contributed by atoms with Gasteiger partial charge in [-0.1, -0.05) is 6.07 Å². The lowest BCUT2D eigenvalue weighted by atomic mass is 10.1. The Hall–Kier alpha value is -3.99. The second kappa shape index (κ2) is 9.57. The van der Waals surface area contributed by atoms with Crippen molar-refractivity contribution in [1.82, 2.24) is 19.5 Å². The monoisotopic (exact) mass is 512 g/mol. The van der Waals surface area contributed by atoms with Crippen molar-refractivity contribution in [2.24, 2.45) is 0 Å². The molecule has 1 amide bonds. The molecule has 0 atom stereocenters. The van der Waals surface area contributed by atoms with E-state index in [0.717, 1.165) is 11.4 Å². The van der Waals surface area contributed by atoms with Crippen LogP contribution in [0.25, 0.3) is 16.9 Å². The van der Waals surface area contributed by atoms with Gasteiger partial charge in [-0.3, -0.25) is 9.36 Å². The number of benzene rings is 2. The van der Waals surface area contributed by atoms with Crippen LogP contribution in [0, 0.1) is 0 Å². The summed E-state index contributed by atoms with van der Waals surface area (Å²) >= 11 is 5.58. The number of amides is 1. The van der Waals surface area contributed by atoms with E-state index in [0.29, 0.717) is 35.6 Å². The standard InChI is InChI=1S/C24H23ClF2N8O/c25-13-19(36)30-16-2-1-3-18(12-16)35-14-29-20-21(28)32-23(33-22(20)35)31-15-4-6-17(7-5-15)34-10-8-24(26,27)9-11-34/h1-7,12,14H,8-11,13H2,(H,30,36)(H3,28,31,32,33).